The summed E-state index contributed by atoms with van der Waals surface area (Å²) in [7, 11) is -3.44. The Hall–Kier alpha value is -1.08. The molecule has 7 heteroatoms. The Morgan fingerprint density at radius 3 is 2.53 bits per heavy atom. The van der Waals surface area contributed by atoms with Gasteiger partial charge in [-0.05, 0) is 12.3 Å². The second-order valence-corrected chi connectivity index (χ2v) is 8.16. The number of rotatable bonds is 5. The minimum atomic E-state index is -3.44. The van der Waals surface area contributed by atoms with Crippen LogP contribution in [0.2, 0.25) is 0 Å². The van der Waals surface area contributed by atoms with E-state index < -0.39 is 9.84 Å². The van der Waals surface area contributed by atoms with Gasteiger partial charge in [-0.2, -0.15) is 0 Å². The van der Waals surface area contributed by atoms with Crippen LogP contribution in [0.3, 0.4) is 0 Å². The lowest BCUT2D eigenvalue weighted by Crippen LogP contribution is -2.11. The minimum Gasteiger partial charge on any atom is -0.396 e. The van der Waals surface area contributed by atoms with Crippen molar-refractivity contribution in [3.05, 3.63) is 4.88 Å². The lowest BCUT2D eigenvalue weighted by Gasteiger charge is -2.07. The highest BCUT2D eigenvalue weighted by atomic mass is 32.2. The van der Waals surface area contributed by atoms with Crippen molar-refractivity contribution in [2.24, 2.45) is 5.92 Å². The number of sulfone groups is 1. The van der Waals surface area contributed by atoms with E-state index in [1.165, 1.54) is 6.92 Å². The molecule has 0 radical (unpaired) electrons. The van der Waals surface area contributed by atoms with E-state index in [2.05, 4.69) is 12.2 Å². The number of Topliss-reactive ketones (excluding diaryl/α,β-unsaturated/α-hetero) is 1. The van der Waals surface area contributed by atoms with Crippen LogP contribution in [0.1, 0.15) is 36.9 Å². The van der Waals surface area contributed by atoms with E-state index in [1.807, 2.05) is 0 Å². The molecule has 0 aliphatic heterocycles. The van der Waals surface area contributed by atoms with Crippen molar-refractivity contribution in [3.8, 4) is 0 Å². The number of nitrogens with two attached hydrogens (primary N) is 1. The molecule has 5 nitrogen and oxygen atoms in total. The molecule has 1 aromatic rings. The van der Waals surface area contributed by atoms with Crippen LogP contribution in [0.4, 0.5) is 10.7 Å². The van der Waals surface area contributed by atoms with Gasteiger partial charge >= 0.3 is 0 Å². The molecule has 1 heterocycles. The molecule has 1 aliphatic carbocycles. The van der Waals surface area contributed by atoms with Crippen LogP contribution in [0.15, 0.2) is 4.90 Å². The van der Waals surface area contributed by atoms with E-state index in [-0.39, 0.29) is 28.2 Å². The van der Waals surface area contributed by atoms with Gasteiger partial charge in [0.1, 0.15) is 9.90 Å². The summed E-state index contributed by atoms with van der Waals surface area (Å²) in [4.78, 5) is 11.9. The van der Waals surface area contributed by atoms with Crippen LogP contribution in [0, 0.1) is 5.92 Å². The molecule has 0 saturated heterocycles. The highest BCUT2D eigenvalue weighted by Gasteiger charge is 2.36. The molecular weight excluding hydrogens is 284 g/mol. The van der Waals surface area contributed by atoms with Gasteiger partial charge < -0.3 is 11.1 Å². The molecule has 3 N–H and O–H groups in total. The van der Waals surface area contributed by atoms with Crippen molar-refractivity contribution in [2.45, 2.75) is 38.1 Å². The van der Waals surface area contributed by atoms with Gasteiger partial charge in [-0.1, -0.05) is 13.8 Å². The van der Waals surface area contributed by atoms with E-state index in [0.717, 1.165) is 17.8 Å². The van der Waals surface area contributed by atoms with Gasteiger partial charge in [-0.3, -0.25) is 4.79 Å². The van der Waals surface area contributed by atoms with Gasteiger partial charge in [-0.25, -0.2) is 8.42 Å². The van der Waals surface area contributed by atoms with Gasteiger partial charge in [0.15, 0.2) is 15.6 Å². The van der Waals surface area contributed by atoms with Gasteiger partial charge in [-0.15, -0.1) is 11.3 Å². The van der Waals surface area contributed by atoms with Crippen LogP contribution >= 0.6 is 11.3 Å². The predicted octanol–water partition coefficient (Wildman–Crippen LogP) is 2.15. The topological polar surface area (TPSA) is 89.3 Å². The maximum atomic E-state index is 12.1. The minimum absolute atomic E-state index is 0.0276. The van der Waals surface area contributed by atoms with Crippen molar-refractivity contribution >= 4 is 37.6 Å². The molecule has 0 spiro atoms. The van der Waals surface area contributed by atoms with Crippen molar-refractivity contribution in [2.75, 3.05) is 16.8 Å². The summed E-state index contributed by atoms with van der Waals surface area (Å²) in [5.74, 6) is 0.299. The van der Waals surface area contributed by atoms with Crippen LogP contribution in [0.25, 0.3) is 0 Å². The first-order valence-electron chi connectivity index (χ1n) is 6.20. The molecule has 0 bridgehead atoms. The van der Waals surface area contributed by atoms with Gasteiger partial charge in [0.25, 0.3) is 0 Å². The number of hydrogen-bond donors (Lipinski definition) is 2. The van der Waals surface area contributed by atoms with Gasteiger partial charge in [0.05, 0.1) is 16.3 Å². The zero-order valence-electron chi connectivity index (χ0n) is 11.2. The molecule has 0 aromatic carbocycles. The Morgan fingerprint density at radius 2 is 2.11 bits per heavy atom. The second kappa shape index (κ2) is 4.79. The smallest absolute Gasteiger partial charge is 0.183 e. The Balaban J connectivity index is 2.51. The van der Waals surface area contributed by atoms with E-state index in [1.54, 1.807) is 6.92 Å². The number of anilines is 2. The molecule has 106 valence electrons. The zero-order valence-corrected chi connectivity index (χ0v) is 12.8. The van der Waals surface area contributed by atoms with Crippen LogP contribution < -0.4 is 11.1 Å². The number of nitrogen functional groups attached to an aromatic ring is 1. The average Bonchev–Trinajstić information content (AvgIpc) is 2.88. The molecule has 1 fully saturated rings. The maximum absolute atomic E-state index is 12.1. The first-order chi connectivity index (χ1) is 8.77. The molecule has 1 saturated carbocycles. The van der Waals surface area contributed by atoms with Gasteiger partial charge in [0, 0.05) is 13.0 Å². The third-order valence-electron chi connectivity index (χ3n) is 3.34. The van der Waals surface area contributed by atoms with E-state index in [4.69, 9.17) is 5.73 Å². The largest absolute Gasteiger partial charge is 0.396 e. The number of carbonyl (C=O) groups excluding carboxylic acids is 1. The van der Waals surface area contributed by atoms with Crippen LogP contribution in [-0.2, 0) is 9.84 Å². The predicted molar refractivity (Wildman–Crippen MR) is 77.7 cm³/mol. The molecule has 2 unspecified atom stereocenters. The zero-order chi connectivity index (χ0) is 14.4. The standard InChI is InChI=1S/C12H18N2O3S2/c1-4-19(16,17)11-9(13)10(7(3)15)18-12(11)14-8-5-6(8)2/h6,8,14H,4-5,13H2,1-3H3. The summed E-state index contributed by atoms with van der Waals surface area (Å²) in [5.41, 5.74) is 5.96. The first kappa shape index (κ1) is 14.3. The number of hydrogen-bond acceptors (Lipinski definition) is 6. The Labute approximate surface area is 117 Å². The van der Waals surface area contributed by atoms with E-state index >= 15 is 0 Å². The summed E-state index contributed by atoms with van der Waals surface area (Å²) in [6, 6.07) is 0.281. The summed E-state index contributed by atoms with van der Waals surface area (Å²) in [6.45, 7) is 5.06. The number of ketones is 1. The fourth-order valence-corrected chi connectivity index (χ4v) is 4.54. The first-order valence-corrected chi connectivity index (χ1v) is 8.67. The number of carbonyl (C=O) groups is 1. The normalized spacial score (nSPS) is 22.3. The molecule has 1 aliphatic rings. The lowest BCUT2D eigenvalue weighted by molar-refractivity contribution is 0.102. The maximum Gasteiger partial charge on any atom is 0.183 e. The Morgan fingerprint density at radius 1 is 1.53 bits per heavy atom. The summed E-state index contributed by atoms with van der Waals surface area (Å²) in [5, 5.41) is 3.71. The quantitative estimate of drug-likeness (QED) is 0.813. The average molecular weight is 302 g/mol. The van der Waals surface area contributed by atoms with Crippen molar-refractivity contribution in [3.63, 3.8) is 0 Å². The van der Waals surface area contributed by atoms with Crippen molar-refractivity contribution in [1.82, 2.24) is 0 Å². The molecule has 1 aromatic heterocycles. The highest BCUT2D eigenvalue weighted by Crippen LogP contribution is 2.43. The Kier molecular flexibility index (Phi) is 3.61. The highest BCUT2D eigenvalue weighted by molar-refractivity contribution is 7.91. The van der Waals surface area contributed by atoms with Crippen molar-refractivity contribution < 1.29 is 13.2 Å². The SMILES string of the molecule is CCS(=O)(=O)c1c(NC2CC2C)sc(C(C)=O)c1N. The fourth-order valence-electron chi connectivity index (χ4n) is 1.93. The summed E-state index contributed by atoms with van der Waals surface area (Å²) < 4.78 is 24.3. The number of thiophene rings is 1. The second-order valence-electron chi connectivity index (χ2n) is 4.93. The van der Waals surface area contributed by atoms with Gasteiger partial charge in [0.2, 0.25) is 0 Å². The lowest BCUT2D eigenvalue weighted by atomic mass is 10.3. The van der Waals surface area contributed by atoms with E-state index in [0.29, 0.717) is 15.8 Å². The summed E-state index contributed by atoms with van der Waals surface area (Å²) in [6.07, 6.45) is 1.01. The Bertz CT molecular complexity index is 619. The summed E-state index contributed by atoms with van der Waals surface area (Å²) >= 11 is 1.14. The fraction of sp³-hybridized carbons (Fsp3) is 0.583. The molecule has 2 atom stereocenters. The van der Waals surface area contributed by atoms with Crippen LogP contribution in [0.5, 0.6) is 0 Å². The monoisotopic (exact) mass is 302 g/mol. The molecular formula is C12H18N2O3S2. The third-order valence-corrected chi connectivity index (χ3v) is 6.51. The molecule has 2 rings (SSSR count). The molecule has 19 heavy (non-hydrogen) atoms. The van der Waals surface area contributed by atoms with E-state index in [9.17, 15) is 13.2 Å². The van der Waals surface area contributed by atoms with Crippen LogP contribution in [-0.4, -0.2) is 26.0 Å². The third kappa shape index (κ3) is 2.62. The van der Waals surface area contributed by atoms with Crippen molar-refractivity contribution in [1.29, 1.82) is 0 Å². The molecule has 0 amide bonds. The number of nitrogens with one attached hydrogen (secondary N) is 1.